The van der Waals surface area contributed by atoms with Crippen molar-refractivity contribution in [2.45, 2.75) is 6.54 Å². The lowest BCUT2D eigenvalue weighted by atomic mass is 10.2. The normalized spacial score (nSPS) is 14.7. The zero-order chi connectivity index (χ0) is 24.2. The zero-order valence-electron chi connectivity index (χ0n) is 18.5. The van der Waals surface area contributed by atoms with Gasteiger partial charge < -0.3 is 33.7 Å². The Balaban J connectivity index is 0.000000806. The number of halogens is 1. The van der Waals surface area contributed by atoms with Crippen LogP contribution in [0.1, 0.15) is 5.56 Å². The number of benzene rings is 2. The molecule has 0 aliphatic carbocycles. The lowest BCUT2D eigenvalue weighted by Crippen LogP contribution is -2.51. The number of para-hydroxylation sites is 1. The molecule has 0 amide bonds. The summed E-state index contributed by atoms with van der Waals surface area (Å²) in [6, 6.07) is 13.9. The molecule has 2 aromatic carbocycles. The Kier molecular flexibility index (Phi) is 7.00. The first kappa shape index (κ1) is 23.4. The average Bonchev–Trinajstić information content (AvgIpc) is 3.52. The van der Waals surface area contributed by atoms with Crippen LogP contribution in [0.25, 0.3) is 22.1 Å². The molecule has 35 heavy (non-hydrogen) atoms. The van der Waals surface area contributed by atoms with Crippen LogP contribution in [0, 0.1) is 11.3 Å². The van der Waals surface area contributed by atoms with E-state index in [2.05, 4.69) is 25.1 Å². The van der Waals surface area contributed by atoms with Gasteiger partial charge in [0.05, 0.1) is 0 Å². The SMILES string of the molecule is S=C(NCc1ccc2c(c1)OCO2)N1CCN(c2ncnc3c2oc2ccccc23)CC1.[O-][Cl+]O. The molecular weight excluding hydrogens is 494 g/mol. The van der Waals surface area contributed by atoms with Gasteiger partial charge >= 0.3 is 11.3 Å². The summed E-state index contributed by atoms with van der Waals surface area (Å²) < 4.78 is 32.1. The van der Waals surface area contributed by atoms with Crippen LogP contribution >= 0.6 is 12.2 Å². The number of hydrogen-bond donors (Lipinski definition) is 2. The number of piperazine rings is 1. The molecule has 0 unspecified atom stereocenters. The number of furan rings is 1. The number of hydrogen-bond acceptors (Lipinski definition) is 9. The topological polar surface area (TPSA) is 119 Å². The quantitative estimate of drug-likeness (QED) is 0.387. The summed E-state index contributed by atoms with van der Waals surface area (Å²) in [5.74, 6) is 2.41. The summed E-state index contributed by atoms with van der Waals surface area (Å²) in [6.07, 6.45) is 1.61. The van der Waals surface area contributed by atoms with Gasteiger partial charge in [-0.3, -0.25) is 0 Å². The lowest BCUT2D eigenvalue weighted by Gasteiger charge is -2.36. The summed E-state index contributed by atoms with van der Waals surface area (Å²) in [7, 11) is 0. The molecular formula is C23H22ClN5O5S. The van der Waals surface area contributed by atoms with Gasteiger partial charge in [0.15, 0.2) is 28.0 Å². The molecule has 0 radical (unpaired) electrons. The number of nitrogens with zero attached hydrogens (tertiary/aromatic N) is 4. The van der Waals surface area contributed by atoms with Crippen molar-refractivity contribution in [3.05, 3.63) is 54.4 Å². The van der Waals surface area contributed by atoms with Crippen LogP contribution in [0.4, 0.5) is 5.82 Å². The minimum Gasteiger partial charge on any atom is -0.506 e. The van der Waals surface area contributed by atoms with Crippen molar-refractivity contribution in [1.82, 2.24) is 20.2 Å². The molecule has 10 nitrogen and oxygen atoms in total. The second-order valence-corrected chi connectivity index (χ2v) is 8.39. The predicted octanol–water partition coefficient (Wildman–Crippen LogP) is 1.56. The smallest absolute Gasteiger partial charge is 0.327 e. The zero-order valence-corrected chi connectivity index (χ0v) is 20.1. The molecule has 12 heteroatoms. The number of fused-ring (bicyclic) bond motifs is 4. The molecule has 2 aromatic heterocycles. The third-order valence-corrected chi connectivity index (χ3v) is 6.29. The van der Waals surface area contributed by atoms with E-state index in [1.54, 1.807) is 6.33 Å². The molecule has 4 heterocycles. The summed E-state index contributed by atoms with van der Waals surface area (Å²) in [5.41, 5.74) is 3.53. The second kappa shape index (κ2) is 10.5. The third-order valence-electron chi connectivity index (χ3n) is 5.89. The molecule has 0 saturated carbocycles. The Labute approximate surface area is 210 Å². The van der Waals surface area contributed by atoms with Crippen LogP contribution in [0.3, 0.4) is 0 Å². The Bertz CT molecular complexity index is 1340. The van der Waals surface area contributed by atoms with E-state index < -0.39 is 0 Å². The van der Waals surface area contributed by atoms with Crippen molar-refractivity contribution in [1.29, 1.82) is 0 Å². The molecule has 182 valence electrons. The first-order chi connectivity index (χ1) is 17.2. The minimum atomic E-state index is -0.167. The molecule has 2 aliphatic rings. The molecule has 6 rings (SSSR count). The van der Waals surface area contributed by atoms with E-state index in [1.807, 2.05) is 42.5 Å². The van der Waals surface area contributed by atoms with Crippen molar-refractivity contribution in [3.8, 4) is 11.5 Å². The van der Waals surface area contributed by atoms with Crippen molar-refractivity contribution in [2.24, 2.45) is 0 Å². The number of nitrogens with one attached hydrogen (secondary N) is 1. The highest BCUT2D eigenvalue weighted by molar-refractivity contribution is 7.80. The predicted molar refractivity (Wildman–Crippen MR) is 127 cm³/mol. The molecule has 2 aliphatic heterocycles. The van der Waals surface area contributed by atoms with Gasteiger partial charge in [0.1, 0.15) is 17.4 Å². The number of ether oxygens (including phenoxy) is 2. The summed E-state index contributed by atoms with van der Waals surface area (Å²) in [5, 5.41) is 5.12. The van der Waals surface area contributed by atoms with Crippen LogP contribution < -0.4 is 24.3 Å². The molecule has 0 atom stereocenters. The third kappa shape index (κ3) is 4.89. The highest BCUT2D eigenvalue weighted by Crippen LogP contribution is 2.33. The van der Waals surface area contributed by atoms with Gasteiger partial charge in [-0.25, -0.2) is 9.97 Å². The Morgan fingerprint density at radius 2 is 1.86 bits per heavy atom. The number of rotatable bonds is 3. The Hall–Kier alpha value is -3.38. The van der Waals surface area contributed by atoms with Gasteiger partial charge in [0, 0.05) is 38.1 Å². The fourth-order valence-corrected chi connectivity index (χ4v) is 4.45. The van der Waals surface area contributed by atoms with E-state index in [4.69, 9.17) is 35.4 Å². The lowest BCUT2D eigenvalue weighted by molar-refractivity contribution is -1.27. The molecule has 1 saturated heterocycles. The van der Waals surface area contributed by atoms with Gasteiger partial charge in [-0.05, 0) is 42.0 Å². The highest BCUT2D eigenvalue weighted by Gasteiger charge is 2.24. The van der Waals surface area contributed by atoms with Crippen molar-refractivity contribution in [3.63, 3.8) is 0 Å². The number of aromatic nitrogens is 2. The van der Waals surface area contributed by atoms with Gasteiger partial charge in [0.25, 0.3) is 0 Å². The number of anilines is 1. The van der Waals surface area contributed by atoms with Crippen LogP contribution in [0.15, 0.2) is 53.2 Å². The minimum absolute atomic E-state index is 0.167. The highest BCUT2D eigenvalue weighted by atomic mass is 35.6. The van der Waals surface area contributed by atoms with Crippen LogP contribution in [-0.2, 0) is 6.54 Å². The maximum Gasteiger partial charge on any atom is 0.327 e. The van der Waals surface area contributed by atoms with Crippen LogP contribution in [-0.4, -0.2) is 57.6 Å². The van der Waals surface area contributed by atoms with Gasteiger partial charge in [0.2, 0.25) is 6.79 Å². The van der Waals surface area contributed by atoms with E-state index in [0.717, 1.165) is 76.2 Å². The van der Waals surface area contributed by atoms with Gasteiger partial charge in [-0.2, -0.15) is 0 Å². The summed E-state index contributed by atoms with van der Waals surface area (Å²) in [6.45, 7) is 4.13. The largest absolute Gasteiger partial charge is 0.506 e. The van der Waals surface area contributed by atoms with Gasteiger partial charge in [-0.1, -0.05) is 18.2 Å². The summed E-state index contributed by atoms with van der Waals surface area (Å²) in [4.78, 5) is 13.4. The second-order valence-electron chi connectivity index (χ2n) is 7.86. The van der Waals surface area contributed by atoms with Crippen molar-refractivity contribution >= 4 is 45.2 Å². The van der Waals surface area contributed by atoms with E-state index >= 15 is 0 Å². The van der Waals surface area contributed by atoms with Crippen LogP contribution in [0.5, 0.6) is 11.5 Å². The standard InChI is InChI=1S/C23H21N5O3S.ClHO2/c32-23(24-12-15-5-6-18-19(11-15)30-14-29-18)28-9-7-27(8-10-28)22-21-20(25-13-26-22)16-3-1-2-4-17(16)31-21;2-1-3/h1-6,11,13H,7-10,12,14H2,(H,24,32);2H. The number of thiocarbonyl (C=S) groups is 1. The monoisotopic (exact) mass is 515 g/mol. The molecule has 2 N–H and O–H groups in total. The van der Waals surface area contributed by atoms with Crippen molar-refractivity contribution < 1.29 is 34.5 Å². The maximum atomic E-state index is 8.35. The molecule has 1 fully saturated rings. The van der Waals surface area contributed by atoms with Crippen molar-refractivity contribution in [2.75, 3.05) is 37.9 Å². The molecule has 0 spiro atoms. The van der Waals surface area contributed by atoms with E-state index in [9.17, 15) is 0 Å². The maximum absolute atomic E-state index is 8.35. The van der Waals surface area contributed by atoms with E-state index in [-0.39, 0.29) is 18.1 Å². The fourth-order valence-electron chi connectivity index (χ4n) is 4.20. The Morgan fingerprint density at radius 1 is 1.09 bits per heavy atom. The molecule has 4 aromatic rings. The summed E-state index contributed by atoms with van der Waals surface area (Å²) >= 11 is 5.48. The van der Waals surface area contributed by atoms with E-state index in [1.165, 1.54) is 0 Å². The first-order valence-corrected chi connectivity index (χ1v) is 11.9. The first-order valence-electron chi connectivity index (χ1n) is 10.9. The molecule has 0 bridgehead atoms. The Morgan fingerprint density at radius 3 is 2.69 bits per heavy atom. The van der Waals surface area contributed by atoms with Gasteiger partial charge in [-0.15, -0.1) is 4.66 Å². The van der Waals surface area contributed by atoms with E-state index in [0.29, 0.717) is 6.54 Å². The fraction of sp³-hybridized carbons (Fsp3) is 0.261. The van der Waals surface area contributed by atoms with Crippen LogP contribution in [0.2, 0.25) is 0 Å². The average molecular weight is 516 g/mol.